The third kappa shape index (κ3) is 6.73. The van der Waals surface area contributed by atoms with Crippen LogP contribution >= 0.6 is 0 Å². The van der Waals surface area contributed by atoms with Crippen molar-refractivity contribution < 1.29 is 4.74 Å². The number of nitrogens with one attached hydrogen (secondary N) is 2. The summed E-state index contributed by atoms with van der Waals surface area (Å²) in [6.45, 7) is 6.77. The molecule has 1 aromatic heterocycles. The Hall–Kier alpha value is -2.60. The number of nitrogens with zero attached hydrogens (tertiary/aromatic N) is 3. The molecule has 6 nitrogen and oxygen atoms in total. The molecule has 0 spiro atoms. The van der Waals surface area contributed by atoms with Crippen LogP contribution in [-0.4, -0.2) is 55.7 Å². The van der Waals surface area contributed by atoms with Crippen molar-refractivity contribution in [3.05, 3.63) is 59.9 Å². The van der Waals surface area contributed by atoms with E-state index in [2.05, 4.69) is 45.6 Å². The van der Waals surface area contributed by atoms with Gasteiger partial charge in [0.1, 0.15) is 5.75 Å². The van der Waals surface area contributed by atoms with E-state index >= 15 is 0 Å². The predicted octanol–water partition coefficient (Wildman–Crippen LogP) is 3.42. The van der Waals surface area contributed by atoms with E-state index in [4.69, 9.17) is 9.73 Å². The van der Waals surface area contributed by atoms with E-state index in [0.29, 0.717) is 0 Å². The molecule has 162 valence electrons. The topological polar surface area (TPSA) is 61.8 Å². The van der Waals surface area contributed by atoms with Gasteiger partial charge in [0.05, 0.1) is 19.7 Å². The lowest BCUT2D eigenvalue weighted by Crippen LogP contribution is -2.40. The second kappa shape index (κ2) is 12.2. The van der Waals surface area contributed by atoms with Gasteiger partial charge in [-0.25, -0.2) is 0 Å². The molecular weight excluding hydrogens is 374 g/mol. The molecule has 2 N–H and O–H groups in total. The van der Waals surface area contributed by atoms with Crippen LogP contribution in [0.3, 0.4) is 0 Å². The number of rotatable bonds is 9. The normalized spacial score (nSPS) is 16.1. The highest BCUT2D eigenvalue weighted by molar-refractivity contribution is 5.79. The Balaban J connectivity index is 1.66. The first kappa shape index (κ1) is 22.1. The zero-order valence-corrected chi connectivity index (χ0v) is 18.3. The zero-order chi connectivity index (χ0) is 21.0. The molecule has 2 heterocycles. The molecule has 1 atom stereocenters. The first-order valence-electron chi connectivity index (χ1n) is 11.1. The summed E-state index contributed by atoms with van der Waals surface area (Å²) >= 11 is 0. The third-order valence-corrected chi connectivity index (χ3v) is 5.53. The maximum absolute atomic E-state index is 5.34. The van der Waals surface area contributed by atoms with E-state index < -0.39 is 0 Å². The molecule has 3 rings (SSSR count). The molecule has 0 bridgehead atoms. The van der Waals surface area contributed by atoms with Crippen LogP contribution in [0.15, 0.2) is 53.8 Å². The van der Waals surface area contributed by atoms with Crippen LogP contribution in [0.2, 0.25) is 0 Å². The van der Waals surface area contributed by atoms with Gasteiger partial charge in [0.25, 0.3) is 0 Å². The van der Waals surface area contributed by atoms with E-state index in [9.17, 15) is 0 Å². The molecule has 0 saturated carbocycles. The van der Waals surface area contributed by atoms with Crippen LogP contribution in [-0.2, 0) is 6.42 Å². The standard InChI is InChI=1S/C24H35N5O/c1-3-26-24(27-15-13-20-8-7-14-25-18-20)28-19-23(29-16-5-4-6-17-29)21-9-11-22(30-2)12-10-21/h7-12,14,18,23H,3-6,13,15-17,19H2,1-2H3,(H2,26,27,28). The highest BCUT2D eigenvalue weighted by Gasteiger charge is 2.22. The van der Waals surface area contributed by atoms with Crippen molar-refractivity contribution in [2.45, 2.75) is 38.6 Å². The SMILES string of the molecule is CCNC(=NCC(c1ccc(OC)cc1)N1CCCCC1)NCCc1cccnc1. The summed E-state index contributed by atoms with van der Waals surface area (Å²) in [4.78, 5) is 11.7. The van der Waals surface area contributed by atoms with E-state index in [1.165, 1.54) is 30.4 Å². The average molecular weight is 410 g/mol. The van der Waals surface area contributed by atoms with Crippen molar-refractivity contribution in [2.75, 3.05) is 39.8 Å². The Morgan fingerprint density at radius 1 is 1.13 bits per heavy atom. The van der Waals surface area contributed by atoms with E-state index in [1.807, 2.05) is 30.6 Å². The number of piperidine rings is 1. The number of benzene rings is 1. The van der Waals surface area contributed by atoms with E-state index in [0.717, 1.165) is 50.9 Å². The highest BCUT2D eigenvalue weighted by Crippen LogP contribution is 2.26. The molecular formula is C24H35N5O. The van der Waals surface area contributed by atoms with Crippen LogP contribution in [0, 0.1) is 0 Å². The summed E-state index contributed by atoms with van der Waals surface area (Å²) in [5, 5.41) is 6.85. The minimum Gasteiger partial charge on any atom is -0.497 e. The Morgan fingerprint density at radius 2 is 1.93 bits per heavy atom. The Labute approximate surface area is 180 Å². The smallest absolute Gasteiger partial charge is 0.191 e. The quantitative estimate of drug-likeness (QED) is 0.491. The number of guanidine groups is 1. The molecule has 1 aromatic carbocycles. The second-order valence-corrected chi connectivity index (χ2v) is 7.64. The van der Waals surface area contributed by atoms with Crippen molar-refractivity contribution in [2.24, 2.45) is 4.99 Å². The second-order valence-electron chi connectivity index (χ2n) is 7.64. The van der Waals surface area contributed by atoms with Gasteiger partial charge in [0.15, 0.2) is 5.96 Å². The largest absolute Gasteiger partial charge is 0.497 e. The minimum absolute atomic E-state index is 0.282. The molecule has 1 aliphatic rings. The number of ether oxygens (including phenoxy) is 1. The van der Waals surface area contributed by atoms with Gasteiger partial charge in [-0.3, -0.25) is 14.9 Å². The van der Waals surface area contributed by atoms with Gasteiger partial charge < -0.3 is 15.4 Å². The Kier molecular flexibility index (Phi) is 8.97. The van der Waals surface area contributed by atoms with Crippen molar-refractivity contribution in [3.8, 4) is 5.75 Å². The Morgan fingerprint density at radius 3 is 2.60 bits per heavy atom. The molecule has 0 amide bonds. The first-order valence-corrected chi connectivity index (χ1v) is 11.1. The number of aliphatic imine (C=N–C) groups is 1. The molecule has 1 unspecified atom stereocenters. The van der Waals surface area contributed by atoms with Gasteiger partial charge >= 0.3 is 0 Å². The zero-order valence-electron chi connectivity index (χ0n) is 18.3. The molecule has 0 aliphatic carbocycles. The fourth-order valence-corrected chi connectivity index (χ4v) is 3.88. The minimum atomic E-state index is 0.282. The molecule has 1 aliphatic heterocycles. The van der Waals surface area contributed by atoms with Gasteiger partial charge in [-0.15, -0.1) is 0 Å². The first-order chi connectivity index (χ1) is 14.8. The summed E-state index contributed by atoms with van der Waals surface area (Å²) in [6, 6.07) is 12.8. The fraction of sp³-hybridized carbons (Fsp3) is 0.500. The molecule has 1 saturated heterocycles. The van der Waals surface area contributed by atoms with Crippen LogP contribution in [0.25, 0.3) is 0 Å². The number of hydrogen-bond acceptors (Lipinski definition) is 4. The average Bonchev–Trinajstić information content (AvgIpc) is 2.81. The number of likely N-dealkylation sites (tertiary alicyclic amines) is 1. The molecule has 2 aromatic rings. The van der Waals surface area contributed by atoms with E-state index in [1.54, 1.807) is 7.11 Å². The van der Waals surface area contributed by atoms with Crippen molar-refractivity contribution in [3.63, 3.8) is 0 Å². The van der Waals surface area contributed by atoms with Crippen molar-refractivity contribution in [1.29, 1.82) is 0 Å². The molecule has 0 radical (unpaired) electrons. The molecule has 6 heteroatoms. The van der Waals surface area contributed by atoms with Crippen LogP contribution in [0.5, 0.6) is 5.75 Å². The summed E-state index contributed by atoms with van der Waals surface area (Å²) in [7, 11) is 1.71. The summed E-state index contributed by atoms with van der Waals surface area (Å²) < 4.78 is 5.34. The lowest BCUT2D eigenvalue weighted by Gasteiger charge is -2.34. The lowest BCUT2D eigenvalue weighted by molar-refractivity contribution is 0.167. The monoisotopic (exact) mass is 409 g/mol. The lowest BCUT2D eigenvalue weighted by atomic mass is 10.0. The fourth-order valence-electron chi connectivity index (χ4n) is 3.88. The molecule has 30 heavy (non-hydrogen) atoms. The van der Waals surface area contributed by atoms with Gasteiger partial charge in [-0.1, -0.05) is 24.6 Å². The number of methoxy groups -OCH3 is 1. The van der Waals surface area contributed by atoms with Crippen LogP contribution in [0.1, 0.15) is 43.4 Å². The van der Waals surface area contributed by atoms with E-state index in [-0.39, 0.29) is 6.04 Å². The third-order valence-electron chi connectivity index (χ3n) is 5.53. The highest BCUT2D eigenvalue weighted by atomic mass is 16.5. The summed E-state index contributed by atoms with van der Waals surface area (Å²) in [5.41, 5.74) is 2.53. The van der Waals surface area contributed by atoms with Crippen molar-refractivity contribution in [1.82, 2.24) is 20.5 Å². The van der Waals surface area contributed by atoms with Gasteiger partial charge in [-0.2, -0.15) is 0 Å². The molecule has 1 fully saturated rings. The summed E-state index contributed by atoms with van der Waals surface area (Å²) in [5.74, 6) is 1.77. The van der Waals surface area contributed by atoms with Crippen LogP contribution in [0.4, 0.5) is 0 Å². The van der Waals surface area contributed by atoms with Crippen molar-refractivity contribution >= 4 is 5.96 Å². The van der Waals surface area contributed by atoms with Gasteiger partial charge in [0.2, 0.25) is 0 Å². The number of aromatic nitrogens is 1. The Bertz CT molecular complexity index is 757. The number of pyridine rings is 1. The summed E-state index contributed by atoms with van der Waals surface area (Å²) in [6.07, 6.45) is 8.50. The van der Waals surface area contributed by atoms with Gasteiger partial charge in [0, 0.05) is 25.5 Å². The van der Waals surface area contributed by atoms with Gasteiger partial charge in [-0.05, 0) is 68.6 Å². The number of hydrogen-bond donors (Lipinski definition) is 2. The van der Waals surface area contributed by atoms with Crippen LogP contribution < -0.4 is 15.4 Å². The maximum Gasteiger partial charge on any atom is 0.191 e. The predicted molar refractivity (Wildman–Crippen MR) is 123 cm³/mol. The maximum atomic E-state index is 5.34.